The molecule has 4 nitrogen and oxygen atoms in total. The van der Waals surface area contributed by atoms with E-state index in [1.165, 1.54) is 0 Å². The monoisotopic (exact) mass is 302 g/mol. The Morgan fingerprint density at radius 2 is 2.11 bits per heavy atom. The number of quaternary nitrogens is 1. The van der Waals surface area contributed by atoms with Crippen molar-refractivity contribution in [3.05, 3.63) is 29.3 Å². The van der Waals surface area contributed by atoms with Gasteiger partial charge in [0.25, 0.3) is 0 Å². The van der Waals surface area contributed by atoms with Crippen LogP contribution < -0.4 is 17.7 Å². The molecular formula is C13H16Cl2N2O2. The second kappa shape index (κ2) is 7.90. The summed E-state index contributed by atoms with van der Waals surface area (Å²) in [6, 6.07) is 6.80. The second-order valence-electron chi connectivity index (χ2n) is 4.75. The molecule has 104 valence electrons. The molecule has 0 radical (unpaired) electrons. The number of nitrogens with zero attached hydrogens (tertiary/aromatic N) is 1. The fourth-order valence-corrected chi connectivity index (χ4v) is 1.25. The van der Waals surface area contributed by atoms with Gasteiger partial charge in [-0.25, -0.2) is 4.79 Å². The molecule has 0 spiro atoms. The zero-order chi connectivity index (χ0) is 13.6. The van der Waals surface area contributed by atoms with Crippen LogP contribution in [0.5, 0.6) is 0 Å². The summed E-state index contributed by atoms with van der Waals surface area (Å²) in [4.78, 5) is 11.4. The third-order valence-electron chi connectivity index (χ3n) is 1.84. The largest absolute Gasteiger partial charge is 1.00 e. The highest BCUT2D eigenvalue weighted by Gasteiger charge is 2.04. The number of carbonyl (C=O) groups excluding carboxylic acids is 1. The Morgan fingerprint density at radius 1 is 1.42 bits per heavy atom. The minimum absolute atomic E-state index is 0. The Kier molecular flexibility index (Phi) is 7.32. The lowest BCUT2D eigenvalue weighted by Gasteiger charge is -2.19. The van der Waals surface area contributed by atoms with Gasteiger partial charge in [-0.1, -0.05) is 17.7 Å². The summed E-state index contributed by atoms with van der Waals surface area (Å²) in [5, 5.41) is 3.07. The number of rotatable bonds is 2. The van der Waals surface area contributed by atoms with Gasteiger partial charge in [0, 0.05) is 16.6 Å². The van der Waals surface area contributed by atoms with E-state index < -0.39 is 6.09 Å². The predicted octanol–water partition coefficient (Wildman–Crippen LogP) is -0.440. The van der Waals surface area contributed by atoms with Crippen LogP contribution >= 0.6 is 11.6 Å². The van der Waals surface area contributed by atoms with E-state index in [-0.39, 0.29) is 12.4 Å². The van der Waals surface area contributed by atoms with Crippen LogP contribution in [0, 0.1) is 12.0 Å². The van der Waals surface area contributed by atoms with Gasteiger partial charge in [-0.2, -0.15) is 0 Å². The van der Waals surface area contributed by atoms with Gasteiger partial charge in [-0.3, -0.25) is 5.32 Å². The molecule has 0 heterocycles. The van der Waals surface area contributed by atoms with Gasteiger partial charge >= 0.3 is 6.09 Å². The summed E-state index contributed by atoms with van der Waals surface area (Å²) in [5.74, 6) is 2.77. The highest BCUT2D eigenvalue weighted by atomic mass is 35.5. The molecule has 1 aromatic rings. The van der Waals surface area contributed by atoms with Gasteiger partial charge in [0.1, 0.15) is 12.7 Å². The van der Waals surface area contributed by atoms with Crippen LogP contribution in [0.25, 0.3) is 0 Å². The molecule has 1 rings (SSSR count). The first-order valence-electron chi connectivity index (χ1n) is 5.38. The number of halogens is 2. The normalized spacial score (nSPS) is 9.68. The van der Waals surface area contributed by atoms with E-state index in [1.54, 1.807) is 24.3 Å². The average Bonchev–Trinajstić information content (AvgIpc) is 2.23. The first kappa shape index (κ1) is 17.6. The molecule has 1 aromatic carbocycles. The van der Waals surface area contributed by atoms with E-state index in [2.05, 4.69) is 17.3 Å². The van der Waals surface area contributed by atoms with Crippen LogP contribution in [0.2, 0.25) is 5.02 Å². The minimum Gasteiger partial charge on any atom is -1.00 e. The standard InChI is InChI=1S/C13H15ClN2O2.ClH/c1-16(2,3)8-5-9-18-13(17)15-12-7-4-6-11(14)10-12;/h4,6-7,10H,8H2,1-3H3;1H. The lowest BCUT2D eigenvalue weighted by atomic mass is 10.3. The molecule has 0 saturated carbocycles. The van der Waals surface area contributed by atoms with E-state index in [4.69, 9.17) is 16.3 Å². The topological polar surface area (TPSA) is 38.3 Å². The number of carbonyl (C=O) groups is 1. The Hall–Kier alpha value is -1.41. The third kappa shape index (κ3) is 8.33. The van der Waals surface area contributed by atoms with Crippen molar-refractivity contribution in [1.82, 2.24) is 0 Å². The van der Waals surface area contributed by atoms with Crippen LogP contribution in [0.4, 0.5) is 10.5 Å². The summed E-state index contributed by atoms with van der Waals surface area (Å²) < 4.78 is 5.40. The van der Waals surface area contributed by atoms with E-state index in [0.29, 0.717) is 21.7 Å². The van der Waals surface area contributed by atoms with E-state index in [1.807, 2.05) is 21.1 Å². The van der Waals surface area contributed by atoms with E-state index >= 15 is 0 Å². The zero-order valence-corrected chi connectivity index (χ0v) is 12.5. The van der Waals surface area contributed by atoms with Crippen LogP contribution in [0.1, 0.15) is 0 Å². The fourth-order valence-electron chi connectivity index (χ4n) is 1.06. The van der Waals surface area contributed by atoms with Crippen LogP contribution in [0.15, 0.2) is 24.3 Å². The molecular weight excluding hydrogens is 287 g/mol. The molecule has 0 aliphatic carbocycles. The summed E-state index contributed by atoms with van der Waals surface area (Å²) >= 11 is 5.78. The van der Waals surface area contributed by atoms with Crippen molar-refractivity contribution >= 4 is 23.4 Å². The van der Waals surface area contributed by atoms with Crippen molar-refractivity contribution in [2.24, 2.45) is 0 Å². The molecule has 19 heavy (non-hydrogen) atoms. The number of hydrogen-bond acceptors (Lipinski definition) is 2. The highest BCUT2D eigenvalue weighted by Crippen LogP contribution is 2.14. The van der Waals surface area contributed by atoms with Crippen molar-refractivity contribution < 1.29 is 26.4 Å². The van der Waals surface area contributed by atoms with Gasteiger partial charge in [-0.05, 0) is 18.2 Å². The van der Waals surface area contributed by atoms with Crippen molar-refractivity contribution in [2.75, 3.05) is 33.0 Å². The SMILES string of the molecule is C[N+](C)(C)CC#COC(=O)Nc1cccc(Cl)c1.[Cl-]. The average molecular weight is 303 g/mol. The maximum Gasteiger partial charge on any atom is 0.425 e. The molecule has 0 bridgehead atoms. The maximum absolute atomic E-state index is 11.4. The summed E-state index contributed by atoms with van der Waals surface area (Å²) in [6.07, 6.45) is 1.75. The molecule has 0 aliphatic heterocycles. The lowest BCUT2D eigenvalue weighted by molar-refractivity contribution is -0.862. The minimum atomic E-state index is -0.619. The van der Waals surface area contributed by atoms with E-state index in [0.717, 1.165) is 0 Å². The quantitative estimate of drug-likeness (QED) is 0.594. The Labute approximate surface area is 124 Å². The number of amides is 1. The Bertz CT molecular complexity index is 487. The van der Waals surface area contributed by atoms with Crippen LogP contribution in [0.3, 0.4) is 0 Å². The zero-order valence-electron chi connectivity index (χ0n) is 11.0. The number of benzene rings is 1. The Morgan fingerprint density at radius 3 is 2.68 bits per heavy atom. The van der Waals surface area contributed by atoms with Crippen molar-refractivity contribution in [2.45, 2.75) is 0 Å². The smallest absolute Gasteiger partial charge is 0.425 e. The summed E-state index contributed by atoms with van der Waals surface area (Å²) in [7, 11) is 6.00. The number of anilines is 1. The van der Waals surface area contributed by atoms with Gasteiger partial charge < -0.3 is 21.6 Å². The molecule has 0 atom stereocenters. The number of hydrogen-bond donors (Lipinski definition) is 1. The molecule has 0 aromatic heterocycles. The third-order valence-corrected chi connectivity index (χ3v) is 2.08. The Balaban J connectivity index is 0.00000324. The highest BCUT2D eigenvalue weighted by molar-refractivity contribution is 6.30. The number of nitrogens with one attached hydrogen (secondary N) is 1. The molecule has 1 amide bonds. The molecule has 1 N–H and O–H groups in total. The van der Waals surface area contributed by atoms with Gasteiger partial charge in [-0.15, -0.1) is 0 Å². The lowest BCUT2D eigenvalue weighted by Crippen LogP contribution is -3.00. The van der Waals surface area contributed by atoms with Crippen LogP contribution in [-0.4, -0.2) is 38.3 Å². The van der Waals surface area contributed by atoms with Crippen LogP contribution in [-0.2, 0) is 4.74 Å². The predicted molar refractivity (Wildman–Crippen MR) is 72.2 cm³/mol. The summed E-state index contributed by atoms with van der Waals surface area (Å²) in [5.41, 5.74) is 0.570. The maximum atomic E-state index is 11.4. The van der Waals surface area contributed by atoms with Crippen molar-refractivity contribution in [3.8, 4) is 12.0 Å². The molecule has 0 aliphatic rings. The van der Waals surface area contributed by atoms with Crippen molar-refractivity contribution in [3.63, 3.8) is 0 Å². The molecule has 0 fully saturated rings. The molecule has 0 saturated heterocycles. The van der Waals surface area contributed by atoms with Gasteiger partial charge in [0.15, 0.2) is 0 Å². The van der Waals surface area contributed by atoms with Crippen molar-refractivity contribution in [1.29, 1.82) is 0 Å². The first-order valence-corrected chi connectivity index (χ1v) is 5.76. The first-order chi connectivity index (χ1) is 8.37. The second-order valence-corrected chi connectivity index (χ2v) is 5.19. The summed E-state index contributed by atoms with van der Waals surface area (Å²) in [6.45, 7) is 0.602. The fraction of sp³-hybridized carbons (Fsp3) is 0.308. The number of ether oxygens (including phenoxy) is 1. The van der Waals surface area contributed by atoms with E-state index in [9.17, 15) is 4.79 Å². The van der Waals surface area contributed by atoms with Gasteiger partial charge in [0.2, 0.25) is 0 Å². The molecule has 6 heteroatoms. The molecule has 0 unspecified atom stereocenters. The van der Waals surface area contributed by atoms with Gasteiger partial charge in [0.05, 0.1) is 21.1 Å².